The van der Waals surface area contributed by atoms with E-state index in [0.29, 0.717) is 0 Å². The highest BCUT2D eigenvalue weighted by molar-refractivity contribution is 7.80. The van der Waals surface area contributed by atoms with E-state index in [2.05, 4.69) is 23.3 Å². The van der Waals surface area contributed by atoms with Gasteiger partial charge in [0.05, 0.1) is 0 Å². The smallest absolute Gasteiger partial charge is 0.328 e. The van der Waals surface area contributed by atoms with Gasteiger partial charge in [-0.2, -0.15) is 12.6 Å². The third-order valence-electron chi connectivity index (χ3n) is 2.79. The van der Waals surface area contributed by atoms with Crippen LogP contribution in [0.15, 0.2) is 24.3 Å². The predicted octanol–water partition coefficient (Wildman–Crippen LogP) is -1.00. The number of carbonyl (C=O) groups excluding carboxylic acids is 2. The second-order valence-corrected chi connectivity index (χ2v) is 5.49. The fourth-order valence-electron chi connectivity index (χ4n) is 1.41. The number of hydrogen-bond acceptors (Lipinski definition) is 7. The van der Waals surface area contributed by atoms with Crippen molar-refractivity contribution in [3.05, 3.63) is 24.3 Å². The number of hydrogen-bond donors (Lipinski definition) is 7. The Hall–Kier alpha value is -2.86. The van der Waals surface area contributed by atoms with Gasteiger partial charge in [-0.15, -0.1) is 0 Å². The van der Waals surface area contributed by atoms with E-state index in [9.17, 15) is 24.0 Å². The van der Waals surface area contributed by atoms with E-state index in [4.69, 9.17) is 21.1 Å². The van der Waals surface area contributed by atoms with Gasteiger partial charge in [0.25, 0.3) is 0 Å². The lowest BCUT2D eigenvalue weighted by Crippen LogP contribution is -2.49. The molecule has 2 amide bonds. The Morgan fingerprint density at radius 2 is 1.71 bits per heavy atom. The van der Waals surface area contributed by atoms with E-state index in [-0.39, 0.29) is 18.6 Å². The number of amides is 2. The van der Waals surface area contributed by atoms with Gasteiger partial charge in [0.15, 0.2) is 0 Å². The Morgan fingerprint density at radius 3 is 2.14 bits per heavy atom. The maximum Gasteiger partial charge on any atom is 0.328 e. The first-order valence-electron chi connectivity index (χ1n) is 7.95. The first kappa shape index (κ1) is 27.4. The van der Waals surface area contributed by atoms with Crippen molar-refractivity contribution >= 4 is 42.4 Å². The Bertz CT molecular complexity index is 607. The molecule has 12 heteroatoms. The molecule has 0 spiro atoms. The lowest BCUT2D eigenvalue weighted by molar-refractivity contribution is -0.139. The molecule has 0 saturated carbocycles. The van der Waals surface area contributed by atoms with Gasteiger partial charge in [-0.05, 0) is 13.3 Å². The minimum Gasteiger partial charge on any atom is -0.480 e. The van der Waals surface area contributed by atoms with Crippen LogP contribution in [0.1, 0.15) is 19.8 Å². The first-order chi connectivity index (χ1) is 13.0. The number of thiol groups is 1. The number of rotatable bonds is 11. The van der Waals surface area contributed by atoms with Crippen molar-refractivity contribution in [1.29, 1.82) is 0 Å². The molecule has 0 aromatic carbocycles. The van der Waals surface area contributed by atoms with Crippen molar-refractivity contribution in [2.75, 3.05) is 12.3 Å². The highest BCUT2D eigenvalue weighted by atomic mass is 32.1. The SMILES string of the molecule is C/C=C/C=C/C(=O)O.N[C@@H](CCC(=O)N[C@@H](CS)C(=O)NCC(=O)O)C(=O)O. The maximum absolute atomic E-state index is 11.5. The molecule has 0 unspecified atom stereocenters. The van der Waals surface area contributed by atoms with E-state index in [1.807, 2.05) is 6.92 Å². The van der Waals surface area contributed by atoms with Crippen molar-refractivity contribution in [2.45, 2.75) is 31.8 Å². The molecule has 0 heterocycles. The molecule has 2 atom stereocenters. The summed E-state index contributed by atoms with van der Waals surface area (Å²) in [7, 11) is 0. The molecule has 0 fully saturated rings. The molecule has 7 N–H and O–H groups in total. The lowest BCUT2D eigenvalue weighted by atomic mass is 10.1. The molecule has 0 aliphatic carbocycles. The fraction of sp³-hybridized carbons (Fsp3) is 0.438. The quantitative estimate of drug-likeness (QED) is 0.125. The average molecular weight is 419 g/mol. The first-order valence-corrected chi connectivity index (χ1v) is 8.58. The van der Waals surface area contributed by atoms with Crippen molar-refractivity contribution < 1.29 is 39.3 Å². The van der Waals surface area contributed by atoms with Crippen molar-refractivity contribution in [3.63, 3.8) is 0 Å². The number of carboxylic acid groups (broad SMARTS) is 3. The normalized spacial score (nSPS) is 12.5. The van der Waals surface area contributed by atoms with Crippen molar-refractivity contribution in [1.82, 2.24) is 10.6 Å². The zero-order valence-electron chi connectivity index (χ0n) is 15.2. The second-order valence-electron chi connectivity index (χ2n) is 5.12. The van der Waals surface area contributed by atoms with Crippen LogP contribution in [0.2, 0.25) is 0 Å². The summed E-state index contributed by atoms with van der Waals surface area (Å²) in [6.45, 7) is 1.26. The van der Waals surface area contributed by atoms with E-state index in [1.54, 1.807) is 12.2 Å². The summed E-state index contributed by atoms with van der Waals surface area (Å²) in [6, 6.07) is -2.15. The molecule has 28 heavy (non-hydrogen) atoms. The van der Waals surface area contributed by atoms with Gasteiger partial charge in [0.1, 0.15) is 18.6 Å². The number of nitrogens with two attached hydrogens (primary N) is 1. The molecule has 0 rings (SSSR count). The third-order valence-corrected chi connectivity index (χ3v) is 3.16. The van der Waals surface area contributed by atoms with Gasteiger partial charge < -0.3 is 31.7 Å². The molecule has 0 aromatic rings. The van der Waals surface area contributed by atoms with Gasteiger partial charge in [-0.25, -0.2) is 4.79 Å². The second kappa shape index (κ2) is 16.3. The van der Waals surface area contributed by atoms with Crippen LogP contribution in [-0.4, -0.2) is 69.4 Å². The molecule has 0 aromatic heterocycles. The van der Waals surface area contributed by atoms with E-state index < -0.39 is 48.4 Å². The average Bonchev–Trinajstić information content (AvgIpc) is 2.62. The minimum absolute atomic E-state index is 0.0256. The standard InChI is InChI=1S/C10H17N3O6S.C6H8O2/c11-5(10(18)19)1-2-7(14)13-6(4-20)9(17)12-3-8(15)16;1-2-3-4-5-6(7)8/h5-6,20H,1-4,11H2,(H,12,17)(H,13,14)(H,15,16)(H,18,19);2-5H,1H3,(H,7,8)/b;3-2+,5-4+/t5-,6-;/m0./s1. The van der Waals surface area contributed by atoms with Crippen LogP contribution in [0, 0.1) is 0 Å². The molecule has 0 aliphatic rings. The van der Waals surface area contributed by atoms with Crippen molar-refractivity contribution in [3.8, 4) is 0 Å². The molecule has 0 saturated heterocycles. The zero-order valence-corrected chi connectivity index (χ0v) is 16.1. The Morgan fingerprint density at radius 1 is 1.11 bits per heavy atom. The number of carboxylic acids is 3. The molecule has 0 bridgehead atoms. The Kier molecular flexibility index (Phi) is 16.0. The minimum atomic E-state index is -1.22. The summed E-state index contributed by atoms with van der Waals surface area (Å²) in [5.74, 6) is -4.62. The van der Waals surface area contributed by atoms with Crippen LogP contribution >= 0.6 is 12.6 Å². The Labute approximate surface area is 167 Å². The largest absolute Gasteiger partial charge is 0.480 e. The summed E-state index contributed by atoms with van der Waals surface area (Å²) in [6.07, 6.45) is 5.75. The lowest BCUT2D eigenvalue weighted by Gasteiger charge is -2.16. The summed E-state index contributed by atoms with van der Waals surface area (Å²) < 4.78 is 0. The van der Waals surface area contributed by atoms with E-state index in [1.165, 1.54) is 6.08 Å². The predicted molar refractivity (Wildman–Crippen MR) is 103 cm³/mol. The van der Waals surface area contributed by atoms with Gasteiger partial charge >= 0.3 is 17.9 Å². The van der Waals surface area contributed by atoms with Gasteiger partial charge in [0, 0.05) is 18.2 Å². The van der Waals surface area contributed by atoms with Crippen LogP contribution < -0.4 is 16.4 Å². The fourth-order valence-corrected chi connectivity index (χ4v) is 1.66. The van der Waals surface area contributed by atoms with Crippen LogP contribution in [-0.2, 0) is 24.0 Å². The van der Waals surface area contributed by atoms with Gasteiger partial charge in [-0.1, -0.05) is 18.2 Å². The molecule has 0 aliphatic heterocycles. The molecule has 0 radical (unpaired) electrons. The zero-order chi connectivity index (χ0) is 22.1. The summed E-state index contributed by atoms with van der Waals surface area (Å²) in [4.78, 5) is 53.5. The third kappa shape index (κ3) is 16.6. The summed E-state index contributed by atoms with van der Waals surface area (Å²) >= 11 is 3.87. The molecular weight excluding hydrogens is 394 g/mol. The van der Waals surface area contributed by atoms with Gasteiger partial charge in [0.2, 0.25) is 11.8 Å². The van der Waals surface area contributed by atoms with Gasteiger partial charge in [-0.3, -0.25) is 19.2 Å². The van der Waals surface area contributed by atoms with Crippen LogP contribution in [0.3, 0.4) is 0 Å². The van der Waals surface area contributed by atoms with E-state index in [0.717, 1.165) is 6.08 Å². The van der Waals surface area contributed by atoms with Crippen LogP contribution in [0.4, 0.5) is 0 Å². The molecule has 158 valence electrons. The van der Waals surface area contributed by atoms with Crippen molar-refractivity contribution in [2.24, 2.45) is 5.73 Å². The number of carbonyl (C=O) groups is 5. The van der Waals surface area contributed by atoms with Crippen LogP contribution in [0.5, 0.6) is 0 Å². The Balaban J connectivity index is 0. The highest BCUT2D eigenvalue weighted by Crippen LogP contribution is 1.97. The molecular formula is C16H25N3O8S. The number of aliphatic carboxylic acids is 3. The topological polar surface area (TPSA) is 196 Å². The molecule has 11 nitrogen and oxygen atoms in total. The summed E-state index contributed by atoms with van der Waals surface area (Å²) in [5, 5.41) is 29.4. The van der Waals surface area contributed by atoms with E-state index >= 15 is 0 Å². The highest BCUT2D eigenvalue weighted by Gasteiger charge is 2.20. The van der Waals surface area contributed by atoms with Crippen LogP contribution in [0.25, 0.3) is 0 Å². The monoisotopic (exact) mass is 419 g/mol. The number of nitrogens with one attached hydrogen (secondary N) is 2. The maximum atomic E-state index is 11.5. The number of allylic oxidation sites excluding steroid dienone is 3. The summed E-state index contributed by atoms with van der Waals surface area (Å²) in [5.41, 5.74) is 5.23.